The zero-order chi connectivity index (χ0) is 13.1. The lowest BCUT2D eigenvalue weighted by Gasteiger charge is -2.19. The van der Waals surface area contributed by atoms with Crippen LogP contribution in [-0.4, -0.2) is 9.55 Å². The maximum absolute atomic E-state index is 6.21. The first kappa shape index (κ1) is 13.4. The van der Waals surface area contributed by atoms with Crippen LogP contribution in [0, 0.1) is 6.92 Å². The molecule has 0 bridgehead atoms. The fraction of sp³-hybridized carbons (Fsp3) is 0.533. The summed E-state index contributed by atoms with van der Waals surface area (Å²) in [7, 11) is 0. The third-order valence-corrected chi connectivity index (χ3v) is 3.72. The first-order valence-corrected chi connectivity index (χ1v) is 7.18. The number of rotatable bonds is 5. The minimum Gasteiger partial charge on any atom is -0.344 e. The Kier molecular flexibility index (Phi) is 4.28. The predicted molar refractivity (Wildman–Crippen MR) is 78.3 cm³/mol. The number of hydrogen-bond donors (Lipinski definition) is 0. The summed E-state index contributed by atoms with van der Waals surface area (Å²) in [6, 6.07) is 4.80. The third kappa shape index (κ3) is 2.54. The van der Waals surface area contributed by atoms with Crippen LogP contribution < -0.4 is 0 Å². The van der Waals surface area contributed by atoms with Gasteiger partial charge in [0.25, 0.3) is 0 Å². The summed E-state index contributed by atoms with van der Waals surface area (Å²) in [6.07, 6.45) is 7.02. The Labute approximate surface area is 114 Å². The second-order valence-electron chi connectivity index (χ2n) is 4.94. The number of aromatic nitrogens is 2. The number of pyridine rings is 1. The van der Waals surface area contributed by atoms with Gasteiger partial charge in [-0.05, 0) is 31.9 Å². The van der Waals surface area contributed by atoms with E-state index in [1.807, 2.05) is 6.92 Å². The molecular formula is C15H21ClN2. The molecule has 0 spiro atoms. The molecule has 0 aliphatic heterocycles. The van der Waals surface area contributed by atoms with Gasteiger partial charge in [0.05, 0.1) is 5.52 Å². The summed E-state index contributed by atoms with van der Waals surface area (Å²) in [6.45, 7) is 6.49. The van der Waals surface area contributed by atoms with E-state index in [0.29, 0.717) is 11.2 Å². The van der Waals surface area contributed by atoms with Crippen LogP contribution in [0.1, 0.15) is 51.3 Å². The molecule has 0 aliphatic carbocycles. The molecule has 2 aromatic rings. The Balaban J connectivity index is 2.49. The van der Waals surface area contributed by atoms with Gasteiger partial charge < -0.3 is 4.57 Å². The lowest BCUT2D eigenvalue weighted by atomic mass is 10.1. The minimum absolute atomic E-state index is 0.579. The van der Waals surface area contributed by atoms with Crippen molar-refractivity contribution >= 4 is 22.5 Å². The van der Waals surface area contributed by atoms with E-state index in [2.05, 4.69) is 41.7 Å². The second-order valence-corrected chi connectivity index (χ2v) is 5.30. The fourth-order valence-electron chi connectivity index (χ4n) is 2.64. The summed E-state index contributed by atoms with van der Waals surface area (Å²) >= 11 is 6.21. The lowest BCUT2D eigenvalue weighted by Crippen LogP contribution is -2.07. The lowest BCUT2D eigenvalue weighted by molar-refractivity contribution is 0.438. The first-order chi connectivity index (χ1) is 8.67. The van der Waals surface area contributed by atoms with E-state index in [1.165, 1.54) is 31.2 Å². The molecule has 0 saturated carbocycles. The number of halogens is 1. The zero-order valence-electron chi connectivity index (χ0n) is 11.4. The molecule has 0 unspecified atom stereocenters. The highest BCUT2D eigenvalue weighted by molar-refractivity contribution is 6.34. The maximum atomic E-state index is 6.21. The number of fused-ring (bicyclic) bond motifs is 1. The highest BCUT2D eigenvalue weighted by Gasteiger charge is 2.13. The SMILES string of the molecule is CCCC(CCC)n1ccc2c(Cl)nc(C)cc21. The molecule has 0 radical (unpaired) electrons. The summed E-state index contributed by atoms with van der Waals surface area (Å²) in [5.41, 5.74) is 2.21. The highest BCUT2D eigenvalue weighted by Crippen LogP contribution is 2.29. The van der Waals surface area contributed by atoms with Crippen molar-refractivity contribution in [2.45, 2.75) is 52.5 Å². The fourth-order valence-corrected chi connectivity index (χ4v) is 2.93. The quantitative estimate of drug-likeness (QED) is 0.684. The van der Waals surface area contributed by atoms with Crippen molar-refractivity contribution in [3.63, 3.8) is 0 Å². The van der Waals surface area contributed by atoms with Crippen molar-refractivity contribution in [2.24, 2.45) is 0 Å². The van der Waals surface area contributed by atoms with Gasteiger partial charge in [0.2, 0.25) is 0 Å². The smallest absolute Gasteiger partial charge is 0.138 e. The van der Waals surface area contributed by atoms with E-state index in [1.54, 1.807) is 0 Å². The molecule has 0 atom stereocenters. The molecule has 0 aliphatic rings. The Morgan fingerprint density at radius 1 is 1.28 bits per heavy atom. The maximum Gasteiger partial charge on any atom is 0.138 e. The average molecular weight is 265 g/mol. The molecule has 0 saturated heterocycles. The molecule has 2 aromatic heterocycles. The van der Waals surface area contributed by atoms with Gasteiger partial charge in [0.15, 0.2) is 0 Å². The van der Waals surface area contributed by atoms with Crippen LogP contribution in [-0.2, 0) is 0 Å². The first-order valence-electron chi connectivity index (χ1n) is 6.81. The average Bonchev–Trinajstić information content (AvgIpc) is 2.72. The molecule has 0 amide bonds. The van der Waals surface area contributed by atoms with Crippen molar-refractivity contribution in [3.05, 3.63) is 29.2 Å². The molecule has 98 valence electrons. The molecular weight excluding hydrogens is 244 g/mol. The van der Waals surface area contributed by atoms with E-state index >= 15 is 0 Å². The van der Waals surface area contributed by atoms with Crippen molar-refractivity contribution in [2.75, 3.05) is 0 Å². The Morgan fingerprint density at radius 3 is 2.56 bits per heavy atom. The molecule has 3 heteroatoms. The van der Waals surface area contributed by atoms with E-state index in [9.17, 15) is 0 Å². The van der Waals surface area contributed by atoms with Gasteiger partial charge >= 0.3 is 0 Å². The standard InChI is InChI=1S/C15H21ClN2/c1-4-6-12(7-5-2)18-9-8-13-14(18)10-11(3)17-15(13)16/h8-10,12H,4-7H2,1-3H3. The van der Waals surface area contributed by atoms with Gasteiger partial charge in [-0.25, -0.2) is 4.98 Å². The molecule has 2 rings (SSSR count). The van der Waals surface area contributed by atoms with Crippen molar-refractivity contribution in [3.8, 4) is 0 Å². The van der Waals surface area contributed by atoms with Gasteiger partial charge in [0, 0.05) is 23.3 Å². The van der Waals surface area contributed by atoms with Crippen LogP contribution in [0.25, 0.3) is 10.9 Å². The zero-order valence-corrected chi connectivity index (χ0v) is 12.2. The van der Waals surface area contributed by atoms with Gasteiger partial charge in [-0.15, -0.1) is 0 Å². The van der Waals surface area contributed by atoms with E-state index < -0.39 is 0 Å². The van der Waals surface area contributed by atoms with Crippen LogP contribution >= 0.6 is 11.6 Å². The number of nitrogens with zero attached hydrogens (tertiary/aromatic N) is 2. The van der Waals surface area contributed by atoms with Crippen LogP contribution in [0.3, 0.4) is 0 Å². The van der Waals surface area contributed by atoms with Gasteiger partial charge in [-0.2, -0.15) is 0 Å². The largest absolute Gasteiger partial charge is 0.344 e. The molecule has 0 fully saturated rings. The predicted octanol–water partition coefficient (Wildman–Crippen LogP) is 5.14. The van der Waals surface area contributed by atoms with Gasteiger partial charge in [-0.3, -0.25) is 0 Å². The highest BCUT2D eigenvalue weighted by atomic mass is 35.5. The van der Waals surface area contributed by atoms with Crippen LogP contribution in [0.5, 0.6) is 0 Å². The van der Waals surface area contributed by atoms with E-state index in [0.717, 1.165) is 11.1 Å². The summed E-state index contributed by atoms with van der Waals surface area (Å²) in [5.74, 6) is 0. The van der Waals surface area contributed by atoms with E-state index in [4.69, 9.17) is 11.6 Å². The Bertz CT molecular complexity index is 525. The molecule has 2 nitrogen and oxygen atoms in total. The van der Waals surface area contributed by atoms with Crippen LogP contribution in [0.2, 0.25) is 5.15 Å². The number of hydrogen-bond acceptors (Lipinski definition) is 1. The summed E-state index contributed by atoms with van der Waals surface area (Å²) < 4.78 is 2.38. The van der Waals surface area contributed by atoms with Gasteiger partial charge in [-0.1, -0.05) is 38.3 Å². The normalized spacial score (nSPS) is 11.6. The summed E-state index contributed by atoms with van der Waals surface area (Å²) in [5, 5.41) is 1.69. The van der Waals surface area contributed by atoms with Crippen LogP contribution in [0.15, 0.2) is 18.3 Å². The van der Waals surface area contributed by atoms with Crippen molar-refractivity contribution < 1.29 is 0 Å². The second kappa shape index (κ2) is 5.75. The Hall–Kier alpha value is -1.02. The molecule has 18 heavy (non-hydrogen) atoms. The third-order valence-electron chi connectivity index (χ3n) is 3.44. The van der Waals surface area contributed by atoms with Crippen LogP contribution in [0.4, 0.5) is 0 Å². The van der Waals surface area contributed by atoms with Crippen molar-refractivity contribution in [1.82, 2.24) is 9.55 Å². The number of aryl methyl sites for hydroxylation is 1. The monoisotopic (exact) mass is 264 g/mol. The minimum atomic E-state index is 0.579. The molecule has 2 heterocycles. The Morgan fingerprint density at radius 2 is 1.94 bits per heavy atom. The van der Waals surface area contributed by atoms with E-state index in [-0.39, 0.29) is 0 Å². The summed E-state index contributed by atoms with van der Waals surface area (Å²) in [4.78, 5) is 4.32. The molecule has 0 aromatic carbocycles. The molecule has 0 N–H and O–H groups in total. The van der Waals surface area contributed by atoms with Crippen molar-refractivity contribution in [1.29, 1.82) is 0 Å². The van der Waals surface area contributed by atoms with Gasteiger partial charge in [0.1, 0.15) is 5.15 Å². The topological polar surface area (TPSA) is 17.8 Å².